The van der Waals surface area contributed by atoms with E-state index in [1.54, 1.807) is 6.20 Å². The summed E-state index contributed by atoms with van der Waals surface area (Å²) in [7, 11) is 0. The fraction of sp³-hybridized carbons (Fsp3) is 0.556. The lowest BCUT2D eigenvalue weighted by Gasteiger charge is -2.24. The molecular weight excluding hydrogens is 164 g/mol. The highest BCUT2D eigenvalue weighted by Gasteiger charge is 2.14. The van der Waals surface area contributed by atoms with Gasteiger partial charge in [0.2, 0.25) is 0 Å². The largest absolute Gasteiger partial charge is 0.382 e. The summed E-state index contributed by atoms with van der Waals surface area (Å²) in [6, 6.07) is 0. The zero-order valence-electron chi connectivity index (χ0n) is 8.33. The molecule has 13 heavy (non-hydrogen) atoms. The number of nitrogens with zero attached hydrogens (tertiary/aromatic N) is 2. The summed E-state index contributed by atoms with van der Waals surface area (Å²) in [5.41, 5.74) is 5.54. The predicted molar refractivity (Wildman–Crippen MR) is 54.4 cm³/mol. The van der Waals surface area contributed by atoms with Gasteiger partial charge in [-0.3, -0.25) is 4.98 Å². The van der Waals surface area contributed by atoms with Crippen LogP contribution in [0.15, 0.2) is 12.4 Å². The van der Waals surface area contributed by atoms with Gasteiger partial charge in [0.15, 0.2) is 0 Å². The molecule has 0 aliphatic carbocycles. The highest BCUT2D eigenvalue weighted by Crippen LogP contribution is 2.15. The first-order chi connectivity index (χ1) is 6.03. The Labute approximate surface area is 78.6 Å². The molecule has 0 amide bonds. The third-order valence-electron chi connectivity index (χ3n) is 2.00. The van der Waals surface area contributed by atoms with Gasteiger partial charge < -0.3 is 11.1 Å². The maximum absolute atomic E-state index is 5.51. The number of rotatable bonds is 3. The zero-order valence-corrected chi connectivity index (χ0v) is 8.33. The summed E-state index contributed by atoms with van der Waals surface area (Å²) in [5.74, 6) is 1.17. The van der Waals surface area contributed by atoms with Crippen LogP contribution in [0, 0.1) is 0 Å². The third-order valence-corrected chi connectivity index (χ3v) is 2.00. The van der Waals surface area contributed by atoms with Gasteiger partial charge in [0.05, 0.1) is 12.4 Å². The second kappa shape index (κ2) is 3.60. The summed E-state index contributed by atoms with van der Waals surface area (Å²) < 4.78 is 0. The molecule has 4 nitrogen and oxygen atoms in total. The number of nitrogen functional groups attached to an aromatic ring is 1. The number of nitrogens with one attached hydrogen (secondary N) is 1. The molecule has 0 atom stereocenters. The highest BCUT2D eigenvalue weighted by atomic mass is 15.1. The van der Waals surface area contributed by atoms with Crippen molar-refractivity contribution in [3.63, 3.8) is 0 Å². The summed E-state index contributed by atoms with van der Waals surface area (Å²) in [4.78, 5) is 8.06. The molecule has 0 radical (unpaired) electrons. The quantitative estimate of drug-likeness (QED) is 0.742. The molecule has 1 aromatic rings. The van der Waals surface area contributed by atoms with Crippen molar-refractivity contribution < 1.29 is 0 Å². The minimum atomic E-state index is 0.0302. The van der Waals surface area contributed by atoms with Crippen LogP contribution >= 0.6 is 0 Å². The van der Waals surface area contributed by atoms with Crippen molar-refractivity contribution in [1.82, 2.24) is 9.97 Å². The Bertz CT molecular complexity index is 283. The van der Waals surface area contributed by atoms with Crippen LogP contribution < -0.4 is 11.1 Å². The van der Waals surface area contributed by atoms with Crippen molar-refractivity contribution in [3.05, 3.63) is 12.4 Å². The van der Waals surface area contributed by atoms with Crippen LogP contribution in [-0.4, -0.2) is 15.5 Å². The van der Waals surface area contributed by atoms with E-state index in [1.807, 2.05) is 0 Å². The topological polar surface area (TPSA) is 63.8 Å². The molecule has 0 aliphatic heterocycles. The average Bonchev–Trinajstić information content (AvgIpc) is 2.03. The van der Waals surface area contributed by atoms with E-state index in [1.165, 1.54) is 6.20 Å². The van der Waals surface area contributed by atoms with Crippen molar-refractivity contribution >= 4 is 11.6 Å². The molecule has 0 spiro atoms. The predicted octanol–water partition coefficient (Wildman–Crippen LogP) is 1.66. The lowest BCUT2D eigenvalue weighted by atomic mass is 10.0. The maximum atomic E-state index is 5.51. The Hall–Kier alpha value is -1.32. The molecule has 0 unspecified atom stereocenters. The molecule has 0 bridgehead atoms. The summed E-state index contributed by atoms with van der Waals surface area (Å²) in [6.45, 7) is 6.34. The molecule has 0 saturated carbocycles. The van der Waals surface area contributed by atoms with E-state index in [0.717, 1.165) is 12.2 Å². The minimum absolute atomic E-state index is 0.0302. The van der Waals surface area contributed by atoms with Crippen molar-refractivity contribution in [2.24, 2.45) is 0 Å². The fourth-order valence-electron chi connectivity index (χ4n) is 0.876. The van der Waals surface area contributed by atoms with Gasteiger partial charge in [-0.2, -0.15) is 0 Å². The normalized spacial score (nSPS) is 11.3. The van der Waals surface area contributed by atoms with Gasteiger partial charge in [-0.15, -0.1) is 0 Å². The second-order valence-corrected chi connectivity index (χ2v) is 3.69. The number of hydrogen-bond acceptors (Lipinski definition) is 4. The van der Waals surface area contributed by atoms with E-state index >= 15 is 0 Å². The third kappa shape index (κ3) is 2.89. The van der Waals surface area contributed by atoms with Crippen LogP contribution in [-0.2, 0) is 0 Å². The first-order valence-electron chi connectivity index (χ1n) is 4.39. The molecule has 0 aromatic carbocycles. The van der Waals surface area contributed by atoms with E-state index in [-0.39, 0.29) is 5.54 Å². The molecule has 0 saturated heterocycles. The molecule has 3 N–H and O–H groups in total. The van der Waals surface area contributed by atoms with Crippen molar-refractivity contribution in [3.8, 4) is 0 Å². The molecule has 0 aliphatic rings. The molecule has 72 valence electrons. The van der Waals surface area contributed by atoms with Gasteiger partial charge in [0, 0.05) is 5.54 Å². The van der Waals surface area contributed by atoms with Crippen LogP contribution in [0.5, 0.6) is 0 Å². The van der Waals surface area contributed by atoms with Gasteiger partial charge >= 0.3 is 0 Å². The molecule has 1 aromatic heterocycles. The second-order valence-electron chi connectivity index (χ2n) is 3.69. The van der Waals surface area contributed by atoms with E-state index in [2.05, 4.69) is 36.1 Å². The van der Waals surface area contributed by atoms with Gasteiger partial charge in [-0.1, -0.05) is 6.92 Å². The molecule has 1 rings (SSSR count). The lowest BCUT2D eigenvalue weighted by Crippen LogP contribution is -2.30. The van der Waals surface area contributed by atoms with Crippen LogP contribution in [0.1, 0.15) is 27.2 Å². The molecule has 4 heteroatoms. The zero-order chi connectivity index (χ0) is 9.90. The standard InChI is InChI=1S/C9H16N4/c1-4-9(2,3)13-8-6-11-5-7(10)12-8/h5-6H,4H2,1-3H3,(H3,10,12,13). The molecular formula is C9H16N4. The van der Waals surface area contributed by atoms with Crippen molar-refractivity contribution in [2.45, 2.75) is 32.7 Å². The van der Waals surface area contributed by atoms with E-state index in [9.17, 15) is 0 Å². The lowest BCUT2D eigenvalue weighted by molar-refractivity contribution is 0.544. The Morgan fingerprint density at radius 1 is 1.46 bits per heavy atom. The SMILES string of the molecule is CCC(C)(C)Nc1cncc(N)n1. The summed E-state index contributed by atoms with van der Waals surface area (Å²) in [5, 5.41) is 3.26. The molecule has 1 heterocycles. The average molecular weight is 180 g/mol. The van der Waals surface area contributed by atoms with Gasteiger partial charge in [0.25, 0.3) is 0 Å². The number of anilines is 2. The Morgan fingerprint density at radius 2 is 2.15 bits per heavy atom. The fourth-order valence-corrected chi connectivity index (χ4v) is 0.876. The van der Waals surface area contributed by atoms with E-state index < -0.39 is 0 Å². The Kier molecular flexibility index (Phi) is 2.70. The Balaban J connectivity index is 2.74. The van der Waals surface area contributed by atoms with E-state index in [0.29, 0.717) is 5.82 Å². The first-order valence-corrected chi connectivity index (χ1v) is 4.39. The number of aromatic nitrogens is 2. The molecule has 0 fully saturated rings. The highest BCUT2D eigenvalue weighted by molar-refractivity contribution is 5.40. The van der Waals surface area contributed by atoms with Crippen molar-refractivity contribution in [1.29, 1.82) is 0 Å². The monoisotopic (exact) mass is 180 g/mol. The van der Waals surface area contributed by atoms with Crippen LogP contribution in [0.3, 0.4) is 0 Å². The van der Waals surface area contributed by atoms with E-state index in [4.69, 9.17) is 5.73 Å². The minimum Gasteiger partial charge on any atom is -0.382 e. The maximum Gasteiger partial charge on any atom is 0.147 e. The van der Waals surface area contributed by atoms with Gasteiger partial charge in [-0.05, 0) is 20.3 Å². The Morgan fingerprint density at radius 3 is 2.69 bits per heavy atom. The first kappa shape index (κ1) is 9.77. The van der Waals surface area contributed by atoms with Gasteiger partial charge in [-0.25, -0.2) is 4.98 Å². The summed E-state index contributed by atoms with van der Waals surface area (Å²) >= 11 is 0. The van der Waals surface area contributed by atoms with Crippen LogP contribution in [0.4, 0.5) is 11.6 Å². The number of nitrogens with two attached hydrogens (primary N) is 1. The van der Waals surface area contributed by atoms with Crippen molar-refractivity contribution in [2.75, 3.05) is 11.1 Å². The number of hydrogen-bond donors (Lipinski definition) is 2. The van der Waals surface area contributed by atoms with Crippen LogP contribution in [0.25, 0.3) is 0 Å². The smallest absolute Gasteiger partial charge is 0.147 e. The van der Waals surface area contributed by atoms with Crippen LogP contribution in [0.2, 0.25) is 0 Å². The summed E-state index contributed by atoms with van der Waals surface area (Å²) in [6.07, 6.45) is 4.22. The van der Waals surface area contributed by atoms with Gasteiger partial charge in [0.1, 0.15) is 11.6 Å².